The highest BCUT2D eigenvalue weighted by Gasteiger charge is 2.18. The van der Waals surface area contributed by atoms with E-state index in [2.05, 4.69) is 47.3 Å². The third-order valence-corrected chi connectivity index (χ3v) is 3.75. The fourth-order valence-electron chi connectivity index (χ4n) is 1.50. The second-order valence-electron chi connectivity index (χ2n) is 3.69. The van der Waals surface area contributed by atoms with Crippen molar-refractivity contribution in [3.05, 3.63) is 38.7 Å². The number of amides is 1. The quantitative estimate of drug-likeness (QED) is 0.880. The number of pyridine rings is 1. The van der Waals surface area contributed by atoms with E-state index in [4.69, 9.17) is 0 Å². The first-order chi connectivity index (χ1) is 8.49. The summed E-state index contributed by atoms with van der Waals surface area (Å²) < 4.78 is 3.09. The zero-order valence-electron chi connectivity index (χ0n) is 9.74. The molecule has 1 N–H and O–H groups in total. The Bertz CT molecular complexity index is 592. The van der Waals surface area contributed by atoms with E-state index in [1.54, 1.807) is 19.3 Å². The maximum atomic E-state index is 12.1. The summed E-state index contributed by atoms with van der Waals surface area (Å²) >= 11 is 6.64. The number of rotatable bonds is 2. The lowest BCUT2D eigenvalue weighted by Crippen LogP contribution is -2.17. The zero-order valence-corrected chi connectivity index (χ0v) is 12.9. The molecule has 2 heterocycles. The van der Waals surface area contributed by atoms with Gasteiger partial charge in [0.05, 0.1) is 10.2 Å². The summed E-state index contributed by atoms with van der Waals surface area (Å²) in [5, 5.41) is 6.89. The van der Waals surface area contributed by atoms with Gasteiger partial charge in [-0.2, -0.15) is 5.10 Å². The number of anilines is 1. The topological polar surface area (TPSA) is 59.8 Å². The van der Waals surface area contributed by atoms with Gasteiger partial charge in [-0.1, -0.05) is 0 Å². The van der Waals surface area contributed by atoms with Gasteiger partial charge in [0.1, 0.15) is 11.5 Å². The number of hydrogen-bond donors (Lipinski definition) is 1. The molecular weight excluding hydrogens is 364 g/mol. The van der Waals surface area contributed by atoms with E-state index in [9.17, 15) is 4.79 Å². The molecule has 5 nitrogen and oxygen atoms in total. The van der Waals surface area contributed by atoms with E-state index < -0.39 is 0 Å². The van der Waals surface area contributed by atoms with Crippen LogP contribution in [0.4, 0.5) is 5.82 Å². The van der Waals surface area contributed by atoms with Gasteiger partial charge in [-0.05, 0) is 50.9 Å². The van der Waals surface area contributed by atoms with E-state index in [0.717, 1.165) is 10.2 Å². The van der Waals surface area contributed by atoms with Crippen molar-refractivity contribution in [2.75, 3.05) is 5.32 Å². The van der Waals surface area contributed by atoms with Crippen molar-refractivity contribution >= 4 is 43.6 Å². The van der Waals surface area contributed by atoms with E-state index in [1.165, 1.54) is 4.68 Å². The molecule has 0 fully saturated rings. The van der Waals surface area contributed by atoms with Crippen LogP contribution in [0.2, 0.25) is 0 Å². The van der Waals surface area contributed by atoms with Crippen LogP contribution in [0.15, 0.2) is 27.3 Å². The number of carbonyl (C=O) groups is 1. The number of nitrogens with one attached hydrogen (secondary N) is 1. The Balaban J connectivity index is 2.24. The molecule has 0 aliphatic heterocycles. The van der Waals surface area contributed by atoms with E-state index in [0.29, 0.717) is 16.0 Å². The molecule has 0 saturated heterocycles. The minimum Gasteiger partial charge on any atom is -0.305 e. The third-order valence-electron chi connectivity index (χ3n) is 2.33. The molecule has 0 aliphatic rings. The largest absolute Gasteiger partial charge is 0.305 e. The standard InChI is InChI=1S/C11H10Br2N4O/c1-6-9(13)10(17(2)16-6)11(18)15-8-4-3-7(12)5-14-8/h3-5H,1-2H3,(H,14,15,18). The van der Waals surface area contributed by atoms with Crippen molar-refractivity contribution in [1.29, 1.82) is 0 Å². The highest BCUT2D eigenvalue weighted by Crippen LogP contribution is 2.21. The van der Waals surface area contributed by atoms with Crippen molar-refractivity contribution < 1.29 is 4.79 Å². The number of nitrogens with zero attached hydrogens (tertiary/aromatic N) is 3. The van der Waals surface area contributed by atoms with E-state index in [1.807, 2.05) is 13.0 Å². The molecule has 0 aromatic carbocycles. The molecule has 2 aromatic heterocycles. The van der Waals surface area contributed by atoms with Gasteiger partial charge in [0.15, 0.2) is 0 Å². The number of hydrogen-bond acceptors (Lipinski definition) is 3. The predicted octanol–water partition coefficient (Wildman–Crippen LogP) is 2.90. The summed E-state index contributed by atoms with van der Waals surface area (Å²) in [4.78, 5) is 16.2. The van der Waals surface area contributed by atoms with Crippen molar-refractivity contribution in [3.63, 3.8) is 0 Å². The smallest absolute Gasteiger partial charge is 0.276 e. The summed E-state index contributed by atoms with van der Waals surface area (Å²) in [6.45, 7) is 1.83. The normalized spacial score (nSPS) is 10.4. The molecule has 0 unspecified atom stereocenters. The van der Waals surface area contributed by atoms with Crippen LogP contribution in [-0.2, 0) is 7.05 Å². The molecule has 2 rings (SSSR count). The average molecular weight is 374 g/mol. The molecule has 18 heavy (non-hydrogen) atoms. The lowest BCUT2D eigenvalue weighted by atomic mass is 10.3. The van der Waals surface area contributed by atoms with Crippen molar-refractivity contribution in [2.45, 2.75) is 6.92 Å². The fraction of sp³-hybridized carbons (Fsp3) is 0.182. The summed E-state index contributed by atoms with van der Waals surface area (Å²) in [7, 11) is 1.72. The molecular formula is C11H10Br2N4O. The van der Waals surface area contributed by atoms with Crippen molar-refractivity contribution in [2.24, 2.45) is 7.05 Å². The summed E-state index contributed by atoms with van der Waals surface area (Å²) in [5.74, 6) is 0.244. The lowest BCUT2D eigenvalue weighted by Gasteiger charge is -2.05. The molecule has 0 spiro atoms. The van der Waals surface area contributed by atoms with Gasteiger partial charge in [0.2, 0.25) is 0 Å². The Morgan fingerprint density at radius 1 is 1.39 bits per heavy atom. The summed E-state index contributed by atoms with van der Waals surface area (Å²) in [6, 6.07) is 3.53. The first-order valence-electron chi connectivity index (χ1n) is 5.11. The summed E-state index contributed by atoms with van der Waals surface area (Å²) in [5.41, 5.74) is 1.24. The van der Waals surface area contributed by atoms with Gasteiger partial charge >= 0.3 is 0 Å². The number of carbonyl (C=O) groups excluding carboxylic acids is 1. The SMILES string of the molecule is Cc1nn(C)c(C(=O)Nc2ccc(Br)cn2)c1Br. The molecule has 7 heteroatoms. The number of aromatic nitrogens is 3. The zero-order chi connectivity index (χ0) is 13.3. The van der Waals surface area contributed by atoms with Crippen LogP contribution in [0.1, 0.15) is 16.2 Å². The van der Waals surface area contributed by atoms with Crippen LogP contribution in [-0.4, -0.2) is 20.7 Å². The predicted molar refractivity (Wildman–Crippen MR) is 75.5 cm³/mol. The highest BCUT2D eigenvalue weighted by molar-refractivity contribution is 9.10. The Kier molecular flexibility index (Phi) is 3.82. The second-order valence-corrected chi connectivity index (χ2v) is 5.40. The van der Waals surface area contributed by atoms with Gasteiger partial charge in [0, 0.05) is 17.7 Å². The van der Waals surface area contributed by atoms with Crippen LogP contribution < -0.4 is 5.32 Å². The van der Waals surface area contributed by atoms with E-state index >= 15 is 0 Å². The third kappa shape index (κ3) is 2.62. The number of halogens is 2. The minimum atomic E-state index is -0.250. The van der Waals surface area contributed by atoms with Crippen molar-refractivity contribution in [1.82, 2.24) is 14.8 Å². The Morgan fingerprint density at radius 3 is 2.61 bits per heavy atom. The van der Waals surface area contributed by atoms with Crippen LogP contribution in [0.5, 0.6) is 0 Å². The molecule has 1 amide bonds. The minimum absolute atomic E-state index is 0.250. The van der Waals surface area contributed by atoms with Crippen molar-refractivity contribution in [3.8, 4) is 0 Å². The van der Waals surface area contributed by atoms with Crippen LogP contribution >= 0.6 is 31.9 Å². The summed E-state index contributed by atoms with van der Waals surface area (Å²) in [6.07, 6.45) is 1.62. The maximum absolute atomic E-state index is 12.1. The lowest BCUT2D eigenvalue weighted by molar-refractivity contribution is 0.101. The van der Waals surface area contributed by atoms with Gasteiger partial charge in [0.25, 0.3) is 5.91 Å². The van der Waals surface area contributed by atoms with Gasteiger partial charge < -0.3 is 5.32 Å². The molecule has 0 atom stereocenters. The Labute approximate surface area is 121 Å². The Morgan fingerprint density at radius 2 is 2.11 bits per heavy atom. The second kappa shape index (κ2) is 5.19. The van der Waals surface area contributed by atoms with E-state index in [-0.39, 0.29) is 5.91 Å². The van der Waals surface area contributed by atoms with Gasteiger partial charge in [-0.25, -0.2) is 4.98 Å². The molecule has 0 aliphatic carbocycles. The first-order valence-corrected chi connectivity index (χ1v) is 6.69. The fourth-order valence-corrected chi connectivity index (χ4v) is 2.25. The Hall–Kier alpha value is -1.21. The maximum Gasteiger partial charge on any atom is 0.276 e. The molecule has 0 saturated carbocycles. The monoisotopic (exact) mass is 372 g/mol. The first kappa shape index (κ1) is 13.2. The molecule has 0 radical (unpaired) electrons. The van der Waals surface area contributed by atoms with Crippen LogP contribution in [0.25, 0.3) is 0 Å². The molecule has 0 bridgehead atoms. The van der Waals surface area contributed by atoms with Gasteiger partial charge in [-0.15, -0.1) is 0 Å². The van der Waals surface area contributed by atoms with Gasteiger partial charge in [-0.3, -0.25) is 9.48 Å². The highest BCUT2D eigenvalue weighted by atomic mass is 79.9. The number of aryl methyl sites for hydroxylation is 2. The molecule has 2 aromatic rings. The van der Waals surface area contributed by atoms with Crippen LogP contribution in [0, 0.1) is 6.92 Å². The van der Waals surface area contributed by atoms with Crippen LogP contribution in [0.3, 0.4) is 0 Å². The average Bonchev–Trinajstić information content (AvgIpc) is 2.56. The molecule has 94 valence electrons.